The van der Waals surface area contributed by atoms with E-state index in [9.17, 15) is 13.6 Å². The summed E-state index contributed by atoms with van der Waals surface area (Å²) in [6.07, 6.45) is -1.52. The van der Waals surface area contributed by atoms with E-state index >= 15 is 0 Å². The van der Waals surface area contributed by atoms with Crippen molar-refractivity contribution in [3.05, 3.63) is 52.9 Å². The first-order chi connectivity index (χ1) is 13.1. The standard InChI is InChI=1S/C13H11F2NO3.C6H15NO/c14-13(15)12-10(6-17)16-19-11(12)8-18-7-9-4-2-1-3-5-9;1-3-6(5-8)4-7-2/h1-6,13H,7-8H2;6-8H,3-5H2,1-2H3. The third-order valence-electron chi connectivity index (χ3n) is 3.83. The summed E-state index contributed by atoms with van der Waals surface area (Å²) in [6.45, 7) is 3.42. The molecule has 0 saturated carbocycles. The summed E-state index contributed by atoms with van der Waals surface area (Å²) in [5, 5.41) is 14.9. The number of hydrogen-bond acceptors (Lipinski definition) is 6. The number of carbonyl (C=O) groups excluding carboxylic acids is 1. The molecule has 0 amide bonds. The highest BCUT2D eigenvalue weighted by Crippen LogP contribution is 2.26. The molecule has 0 radical (unpaired) electrons. The number of benzene rings is 1. The number of aldehydes is 1. The SMILES string of the molecule is CCC(CO)CNC.O=Cc1noc(COCc2ccccc2)c1C(F)F. The fourth-order valence-corrected chi connectivity index (χ4v) is 2.23. The molecule has 8 heteroatoms. The molecule has 1 atom stereocenters. The zero-order chi connectivity index (χ0) is 20.1. The maximum atomic E-state index is 12.7. The van der Waals surface area contributed by atoms with E-state index in [2.05, 4.69) is 17.4 Å². The molecule has 1 aromatic carbocycles. The van der Waals surface area contributed by atoms with Crippen molar-refractivity contribution in [1.29, 1.82) is 0 Å². The van der Waals surface area contributed by atoms with Gasteiger partial charge in [0.15, 0.2) is 17.7 Å². The quantitative estimate of drug-likeness (QED) is 0.611. The first kappa shape index (κ1) is 22.9. The van der Waals surface area contributed by atoms with Crippen LogP contribution in [0, 0.1) is 5.92 Å². The Balaban J connectivity index is 0.000000387. The molecule has 150 valence electrons. The Labute approximate surface area is 157 Å². The Morgan fingerprint density at radius 3 is 2.48 bits per heavy atom. The highest BCUT2D eigenvalue weighted by molar-refractivity contribution is 5.74. The fraction of sp³-hybridized carbons (Fsp3) is 0.474. The predicted molar refractivity (Wildman–Crippen MR) is 96.6 cm³/mol. The second-order valence-electron chi connectivity index (χ2n) is 5.82. The van der Waals surface area contributed by atoms with E-state index in [1.54, 1.807) is 0 Å². The lowest BCUT2D eigenvalue weighted by atomic mass is 10.1. The Bertz CT molecular complexity index is 646. The highest BCUT2D eigenvalue weighted by atomic mass is 19.3. The number of carbonyl (C=O) groups is 1. The summed E-state index contributed by atoms with van der Waals surface area (Å²) >= 11 is 0. The topological polar surface area (TPSA) is 84.6 Å². The largest absolute Gasteiger partial charge is 0.396 e. The number of aromatic nitrogens is 1. The van der Waals surface area contributed by atoms with Crippen molar-refractivity contribution < 1.29 is 27.9 Å². The molecule has 0 aliphatic rings. The van der Waals surface area contributed by atoms with Gasteiger partial charge in [0, 0.05) is 6.61 Å². The zero-order valence-electron chi connectivity index (χ0n) is 15.5. The first-order valence-corrected chi connectivity index (χ1v) is 8.66. The van der Waals surface area contributed by atoms with Crippen molar-refractivity contribution in [3.8, 4) is 0 Å². The summed E-state index contributed by atoms with van der Waals surface area (Å²) in [5.41, 5.74) is 0.0348. The lowest BCUT2D eigenvalue weighted by Crippen LogP contribution is -2.20. The molecule has 0 fully saturated rings. The minimum atomic E-state index is -2.82. The number of alkyl halides is 2. The van der Waals surface area contributed by atoms with Gasteiger partial charge in [-0.25, -0.2) is 8.78 Å². The number of ether oxygens (including phenoxy) is 1. The highest BCUT2D eigenvalue weighted by Gasteiger charge is 2.23. The fourth-order valence-electron chi connectivity index (χ4n) is 2.23. The van der Waals surface area contributed by atoms with Gasteiger partial charge in [-0.3, -0.25) is 4.79 Å². The monoisotopic (exact) mass is 384 g/mol. The summed E-state index contributed by atoms with van der Waals surface area (Å²) in [6, 6.07) is 9.27. The number of nitrogens with zero attached hydrogens (tertiary/aromatic N) is 1. The third-order valence-corrected chi connectivity index (χ3v) is 3.83. The normalized spacial score (nSPS) is 11.8. The molecule has 27 heavy (non-hydrogen) atoms. The molecule has 0 aliphatic carbocycles. The van der Waals surface area contributed by atoms with Crippen molar-refractivity contribution in [2.75, 3.05) is 20.2 Å². The molecule has 1 aromatic heterocycles. The number of rotatable bonds is 10. The van der Waals surface area contributed by atoms with Crippen LogP contribution in [-0.4, -0.2) is 36.7 Å². The van der Waals surface area contributed by atoms with Crippen LogP contribution in [0.1, 0.15) is 47.1 Å². The van der Waals surface area contributed by atoms with E-state index in [4.69, 9.17) is 14.4 Å². The van der Waals surface area contributed by atoms with Crippen LogP contribution in [0.5, 0.6) is 0 Å². The second-order valence-corrected chi connectivity index (χ2v) is 5.82. The van der Waals surface area contributed by atoms with Crippen LogP contribution in [0.15, 0.2) is 34.9 Å². The number of hydrogen-bond donors (Lipinski definition) is 2. The first-order valence-electron chi connectivity index (χ1n) is 8.66. The van der Waals surface area contributed by atoms with Crippen LogP contribution in [0.3, 0.4) is 0 Å². The zero-order valence-corrected chi connectivity index (χ0v) is 15.5. The van der Waals surface area contributed by atoms with Crippen LogP contribution >= 0.6 is 0 Å². The van der Waals surface area contributed by atoms with Crippen LogP contribution in [0.25, 0.3) is 0 Å². The van der Waals surface area contributed by atoms with Crippen LogP contribution in [-0.2, 0) is 18.0 Å². The Morgan fingerprint density at radius 2 is 2.00 bits per heavy atom. The number of aliphatic hydroxyl groups excluding tert-OH is 1. The lowest BCUT2D eigenvalue weighted by Gasteiger charge is -2.08. The number of nitrogens with one attached hydrogen (secondary N) is 1. The minimum Gasteiger partial charge on any atom is -0.396 e. The number of aliphatic hydroxyl groups is 1. The maximum absolute atomic E-state index is 12.7. The van der Waals surface area contributed by atoms with Crippen molar-refractivity contribution in [1.82, 2.24) is 10.5 Å². The van der Waals surface area contributed by atoms with Crippen LogP contribution < -0.4 is 5.32 Å². The predicted octanol–water partition coefficient (Wildman–Crippen LogP) is 3.37. The molecule has 1 unspecified atom stereocenters. The molecule has 0 saturated heterocycles. The Kier molecular flexibility index (Phi) is 11.1. The van der Waals surface area contributed by atoms with E-state index in [1.807, 2.05) is 37.4 Å². The summed E-state index contributed by atoms with van der Waals surface area (Å²) < 4.78 is 35.5. The van der Waals surface area contributed by atoms with E-state index in [1.165, 1.54) is 0 Å². The molecule has 0 spiro atoms. The van der Waals surface area contributed by atoms with Gasteiger partial charge < -0.3 is 19.7 Å². The van der Waals surface area contributed by atoms with Gasteiger partial charge >= 0.3 is 0 Å². The maximum Gasteiger partial charge on any atom is 0.269 e. The van der Waals surface area contributed by atoms with Crippen molar-refractivity contribution >= 4 is 6.29 Å². The average Bonchev–Trinajstić information content (AvgIpc) is 3.11. The summed E-state index contributed by atoms with van der Waals surface area (Å²) in [5.74, 6) is 0.327. The number of halogens is 2. The molecular formula is C19H26F2N2O4. The molecule has 1 heterocycles. The minimum absolute atomic E-state index is 0.118. The summed E-state index contributed by atoms with van der Waals surface area (Å²) in [4.78, 5) is 10.5. The van der Waals surface area contributed by atoms with Crippen molar-refractivity contribution in [3.63, 3.8) is 0 Å². The molecule has 2 rings (SSSR count). The van der Waals surface area contributed by atoms with Gasteiger partial charge in [-0.15, -0.1) is 0 Å². The lowest BCUT2D eigenvalue weighted by molar-refractivity contribution is 0.0816. The van der Waals surface area contributed by atoms with Gasteiger partial charge in [-0.05, 0) is 31.5 Å². The molecule has 6 nitrogen and oxygen atoms in total. The Hall–Kier alpha value is -2.16. The van der Waals surface area contributed by atoms with Crippen molar-refractivity contribution in [2.45, 2.75) is 33.0 Å². The van der Waals surface area contributed by atoms with Crippen molar-refractivity contribution in [2.24, 2.45) is 5.92 Å². The average molecular weight is 384 g/mol. The molecule has 2 N–H and O–H groups in total. The van der Waals surface area contributed by atoms with Crippen LogP contribution in [0.2, 0.25) is 0 Å². The Morgan fingerprint density at radius 1 is 1.30 bits per heavy atom. The molecule has 0 aliphatic heterocycles. The van der Waals surface area contributed by atoms with Gasteiger partial charge in [0.05, 0.1) is 12.2 Å². The van der Waals surface area contributed by atoms with Gasteiger partial charge in [-0.1, -0.05) is 42.4 Å². The third kappa shape index (κ3) is 7.94. The smallest absolute Gasteiger partial charge is 0.269 e. The molecule has 0 bridgehead atoms. The van der Waals surface area contributed by atoms with E-state index in [0.717, 1.165) is 18.5 Å². The van der Waals surface area contributed by atoms with E-state index in [-0.39, 0.29) is 31.0 Å². The van der Waals surface area contributed by atoms with Gasteiger partial charge in [0.2, 0.25) is 0 Å². The van der Waals surface area contributed by atoms with Gasteiger partial charge in [-0.2, -0.15) is 0 Å². The van der Waals surface area contributed by atoms with E-state index < -0.39 is 12.0 Å². The molecule has 2 aromatic rings. The van der Waals surface area contributed by atoms with Gasteiger partial charge in [0.25, 0.3) is 6.43 Å². The molecular weight excluding hydrogens is 358 g/mol. The second kappa shape index (κ2) is 13.1. The van der Waals surface area contributed by atoms with Gasteiger partial charge in [0.1, 0.15) is 6.61 Å². The summed E-state index contributed by atoms with van der Waals surface area (Å²) in [7, 11) is 1.90. The van der Waals surface area contributed by atoms with E-state index in [0.29, 0.717) is 12.5 Å². The van der Waals surface area contributed by atoms with Crippen LogP contribution in [0.4, 0.5) is 8.78 Å².